The van der Waals surface area contributed by atoms with Crippen LogP contribution in [0, 0.1) is 0 Å². The van der Waals surface area contributed by atoms with Crippen molar-refractivity contribution in [2.45, 2.75) is 17.3 Å². The van der Waals surface area contributed by atoms with Crippen LogP contribution in [-0.4, -0.2) is 14.9 Å². The van der Waals surface area contributed by atoms with E-state index in [0.717, 1.165) is 10.0 Å². The van der Waals surface area contributed by atoms with Gasteiger partial charge in [-0.25, -0.2) is 4.68 Å². The highest BCUT2D eigenvalue weighted by Crippen LogP contribution is 2.35. The summed E-state index contributed by atoms with van der Waals surface area (Å²) in [5.41, 5.74) is 2.16. The fourth-order valence-corrected chi connectivity index (χ4v) is 3.49. The Morgan fingerprint density at radius 1 is 1.05 bits per heavy atom. The molecule has 0 bridgehead atoms. The van der Waals surface area contributed by atoms with Gasteiger partial charge >= 0.3 is 0 Å². The number of rotatable bonds is 4. The summed E-state index contributed by atoms with van der Waals surface area (Å²) in [6.45, 7) is 2.13. The molecule has 0 spiro atoms. The van der Waals surface area contributed by atoms with Crippen molar-refractivity contribution in [3.8, 4) is 11.4 Å². The van der Waals surface area contributed by atoms with Gasteiger partial charge in [0.2, 0.25) is 5.16 Å². The summed E-state index contributed by atoms with van der Waals surface area (Å²) in [4.78, 5) is 0. The number of benzene rings is 2. The minimum atomic E-state index is 0.250. The lowest BCUT2D eigenvalue weighted by atomic mass is 10.2. The van der Waals surface area contributed by atoms with Gasteiger partial charge in [-0.15, -0.1) is 10.2 Å². The summed E-state index contributed by atoms with van der Waals surface area (Å²) >= 11 is 5.11. The third-order valence-electron chi connectivity index (χ3n) is 3.33. The van der Waals surface area contributed by atoms with Gasteiger partial charge in [0.25, 0.3) is 0 Å². The van der Waals surface area contributed by atoms with Crippen LogP contribution in [0.25, 0.3) is 11.4 Å². The van der Waals surface area contributed by atoms with E-state index in [1.807, 2.05) is 42.5 Å². The maximum atomic E-state index is 6.18. The number of hydrogen-bond donors (Lipinski definition) is 1. The predicted octanol–water partition coefficient (Wildman–Crippen LogP) is 4.27. The summed E-state index contributed by atoms with van der Waals surface area (Å²) in [7, 11) is 0. The van der Waals surface area contributed by atoms with Crippen LogP contribution >= 0.6 is 27.7 Å². The van der Waals surface area contributed by atoms with Gasteiger partial charge < -0.3 is 5.84 Å². The molecule has 0 radical (unpaired) electrons. The highest BCUT2D eigenvalue weighted by molar-refractivity contribution is 9.10. The van der Waals surface area contributed by atoms with E-state index < -0.39 is 0 Å². The molecule has 3 rings (SSSR count). The van der Waals surface area contributed by atoms with E-state index >= 15 is 0 Å². The molecule has 1 atom stereocenters. The van der Waals surface area contributed by atoms with Crippen LogP contribution in [0.15, 0.2) is 64.2 Å². The number of nitrogens with zero attached hydrogens (tertiary/aromatic N) is 3. The number of hydrogen-bond acceptors (Lipinski definition) is 4. The molecule has 2 aromatic carbocycles. The first kappa shape index (κ1) is 15.1. The third-order valence-corrected chi connectivity index (χ3v) is 5.14. The molecule has 0 fully saturated rings. The number of nitrogens with two attached hydrogens (primary N) is 1. The summed E-state index contributed by atoms with van der Waals surface area (Å²) in [5.74, 6) is 6.83. The van der Waals surface area contributed by atoms with Crippen LogP contribution in [0.2, 0.25) is 0 Å². The molecule has 0 amide bonds. The SMILES string of the molecule is CC(Sc1nnc(-c2ccccc2Br)n1N)c1ccccc1. The van der Waals surface area contributed by atoms with Crippen molar-refractivity contribution in [2.24, 2.45) is 0 Å². The van der Waals surface area contributed by atoms with Gasteiger partial charge in [0.05, 0.1) is 0 Å². The summed E-state index contributed by atoms with van der Waals surface area (Å²) in [6, 6.07) is 18.1. The van der Waals surface area contributed by atoms with Gasteiger partial charge in [-0.1, -0.05) is 70.2 Å². The summed E-state index contributed by atoms with van der Waals surface area (Å²) in [5, 5.41) is 9.41. The van der Waals surface area contributed by atoms with Crippen molar-refractivity contribution in [1.82, 2.24) is 14.9 Å². The Hall–Kier alpha value is -1.79. The third kappa shape index (κ3) is 3.03. The van der Waals surface area contributed by atoms with Crippen LogP contribution in [0.3, 0.4) is 0 Å². The van der Waals surface area contributed by atoms with Crippen LogP contribution < -0.4 is 5.84 Å². The Kier molecular flexibility index (Phi) is 4.49. The van der Waals surface area contributed by atoms with Crippen LogP contribution in [0.4, 0.5) is 0 Å². The molecule has 1 aromatic heterocycles. The molecule has 2 N–H and O–H groups in total. The minimum Gasteiger partial charge on any atom is -0.335 e. The molecule has 0 saturated carbocycles. The van der Waals surface area contributed by atoms with Crippen LogP contribution in [0.5, 0.6) is 0 Å². The van der Waals surface area contributed by atoms with Crippen molar-refractivity contribution >= 4 is 27.7 Å². The van der Waals surface area contributed by atoms with Crippen molar-refractivity contribution in [1.29, 1.82) is 0 Å². The zero-order valence-corrected chi connectivity index (χ0v) is 14.4. The molecule has 6 heteroatoms. The Morgan fingerprint density at radius 2 is 1.73 bits per heavy atom. The maximum Gasteiger partial charge on any atom is 0.210 e. The highest BCUT2D eigenvalue weighted by Gasteiger charge is 2.17. The number of nitrogen functional groups attached to an aromatic ring is 1. The predicted molar refractivity (Wildman–Crippen MR) is 94.0 cm³/mol. The monoisotopic (exact) mass is 374 g/mol. The molecule has 1 heterocycles. The summed E-state index contributed by atoms with van der Waals surface area (Å²) in [6.07, 6.45) is 0. The zero-order valence-electron chi connectivity index (χ0n) is 12.0. The highest BCUT2D eigenvalue weighted by atomic mass is 79.9. The van der Waals surface area contributed by atoms with Crippen molar-refractivity contribution in [2.75, 3.05) is 5.84 Å². The fraction of sp³-hybridized carbons (Fsp3) is 0.125. The van der Waals surface area contributed by atoms with Gasteiger partial charge in [-0.05, 0) is 24.6 Å². The first-order chi connectivity index (χ1) is 10.7. The average Bonchev–Trinajstić information content (AvgIpc) is 2.90. The van der Waals surface area contributed by atoms with Crippen molar-refractivity contribution in [3.05, 3.63) is 64.6 Å². The molecular formula is C16H15BrN4S. The Labute approximate surface area is 141 Å². The number of halogens is 1. The average molecular weight is 375 g/mol. The lowest BCUT2D eigenvalue weighted by Crippen LogP contribution is -2.12. The zero-order chi connectivity index (χ0) is 15.5. The van der Waals surface area contributed by atoms with Gasteiger partial charge in [-0.2, -0.15) is 0 Å². The second-order valence-corrected chi connectivity index (χ2v) is 6.99. The Bertz CT molecular complexity index is 773. The van der Waals surface area contributed by atoms with Crippen LogP contribution in [-0.2, 0) is 0 Å². The molecular weight excluding hydrogens is 360 g/mol. The van der Waals surface area contributed by atoms with Gasteiger partial charge in [0.1, 0.15) is 0 Å². The normalized spacial score (nSPS) is 12.3. The Morgan fingerprint density at radius 3 is 2.45 bits per heavy atom. The van der Waals surface area contributed by atoms with E-state index in [0.29, 0.717) is 11.0 Å². The minimum absolute atomic E-state index is 0.250. The summed E-state index contributed by atoms with van der Waals surface area (Å²) < 4.78 is 2.49. The molecule has 0 aliphatic carbocycles. The molecule has 1 unspecified atom stereocenters. The number of thioether (sulfide) groups is 1. The molecule has 22 heavy (non-hydrogen) atoms. The quantitative estimate of drug-likeness (QED) is 0.546. The fourth-order valence-electron chi connectivity index (χ4n) is 2.13. The van der Waals surface area contributed by atoms with Crippen LogP contribution in [0.1, 0.15) is 17.7 Å². The van der Waals surface area contributed by atoms with E-state index in [1.54, 1.807) is 16.4 Å². The number of aromatic nitrogens is 3. The maximum absolute atomic E-state index is 6.18. The second-order valence-electron chi connectivity index (χ2n) is 4.83. The largest absolute Gasteiger partial charge is 0.335 e. The van der Waals surface area contributed by atoms with Gasteiger partial charge in [-0.3, -0.25) is 0 Å². The van der Waals surface area contributed by atoms with Crippen molar-refractivity contribution in [3.63, 3.8) is 0 Å². The van der Waals surface area contributed by atoms with Gasteiger partial charge in [0, 0.05) is 15.3 Å². The molecule has 0 saturated heterocycles. The molecule has 4 nitrogen and oxygen atoms in total. The van der Waals surface area contributed by atoms with Crippen molar-refractivity contribution < 1.29 is 0 Å². The lowest BCUT2D eigenvalue weighted by molar-refractivity contribution is 0.843. The first-order valence-electron chi connectivity index (χ1n) is 6.84. The van der Waals surface area contributed by atoms with E-state index in [-0.39, 0.29) is 5.25 Å². The standard InChI is InChI=1S/C16H15BrN4S/c1-11(12-7-3-2-4-8-12)22-16-20-19-15(21(16)18)13-9-5-6-10-14(13)17/h2-11H,18H2,1H3. The molecule has 3 aromatic rings. The Balaban J connectivity index is 1.87. The van der Waals surface area contributed by atoms with E-state index in [4.69, 9.17) is 5.84 Å². The molecule has 0 aliphatic heterocycles. The smallest absolute Gasteiger partial charge is 0.210 e. The van der Waals surface area contributed by atoms with E-state index in [2.05, 4.69) is 45.2 Å². The lowest BCUT2D eigenvalue weighted by Gasteiger charge is -2.11. The molecule has 112 valence electrons. The van der Waals surface area contributed by atoms with Gasteiger partial charge in [0.15, 0.2) is 5.82 Å². The molecule has 0 aliphatic rings. The van der Waals surface area contributed by atoms with E-state index in [9.17, 15) is 0 Å². The van der Waals surface area contributed by atoms with E-state index in [1.165, 1.54) is 5.56 Å². The topological polar surface area (TPSA) is 56.7 Å². The second kappa shape index (κ2) is 6.54. The first-order valence-corrected chi connectivity index (χ1v) is 8.51.